The number of fused-ring (bicyclic) bond motifs is 1. The van der Waals surface area contributed by atoms with Crippen LogP contribution in [-0.4, -0.2) is 24.0 Å². The molecule has 9 heteroatoms. The van der Waals surface area contributed by atoms with E-state index < -0.39 is 27.9 Å². The molecule has 0 aliphatic carbocycles. The summed E-state index contributed by atoms with van der Waals surface area (Å²) in [6.07, 6.45) is -2.28. The molecular weight excluding hydrogens is 391 g/mol. The van der Waals surface area contributed by atoms with E-state index in [1.807, 2.05) is 0 Å². The third-order valence-electron chi connectivity index (χ3n) is 4.63. The number of aromatic amines is 1. The van der Waals surface area contributed by atoms with E-state index >= 15 is 0 Å². The quantitative estimate of drug-likeness (QED) is 0.685. The topological polar surface area (TPSA) is 65.2 Å². The Morgan fingerprint density at radius 2 is 1.71 bits per heavy atom. The number of hydrogen-bond acceptors (Lipinski definition) is 3. The summed E-state index contributed by atoms with van der Waals surface area (Å²) in [5.41, 5.74) is 2.92. The first-order chi connectivity index (χ1) is 13.2. The van der Waals surface area contributed by atoms with E-state index in [1.165, 1.54) is 18.3 Å². The SMILES string of the molecule is Cc1ccc(S(=O)(=O)N2NC(C(F)(F)F)=CC2c2c[nH]c3ccccc23)cc1. The van der Waals surface area contributed by atoms with Gasteiger partial charge < -0.3 is 10.4 Å². The van der Waals surface area contributed by atoms with Crippen molar-refractivity contribution >= 4 is 20.9 Å². The molecule has 5 nitrogen and oxygen atoms in total. The highest BCUT2D eigenvalue weighted by atomic mass is 32.2. The van der Waals surface area contributed by atoms with Gasteiger partial charge >= 0.3 is 6.18 Å². The van der Waals surface area contributed by atoms with Crippen molar-refractivity contribution in [3.05, 3.63) is 77.6 Å². The van der Waals surface area contributed by atoms with Gasteiger partial charge in [0.2, 0.25) is 0 Å². The van der Waals surface area contributed by atoms with E-state index in [4.69, 9.17) is 0 Å². The number of benzene rings is 2. The monoisotopic (exact) mass is 407 g/mol. The average molecular weight is 407 g/mol. The van der Waals surface area contributed by atoms with E-state index in [1.54, 1.807) is 43.3 Å². The lowest BCUT2D eigenvalue weighted by Gasteiger charge is -2.24. The maximum absolute atomic E-state index is 13.3. The fourth-order valence-electron chi connectivity index (χ4n) is 3.20. The Morgan fingerprint density at radius 3 is 2.39 bits per heavy atom. The van der Waals surface area contributed by atoms with Crippen LogP contribution < -0.4 is 5.43 Å². The molecule has 0 saturated carbocycles. The Balaban J connectivity index is 1.85. The second-order valence-corrected chi connectivity index (χ2v) is 8.35. The summed E-state index contributed by atoms with van der Waals surface area (Å²) in [4.78, 5) is 2.89. The van der Waals surface area contributed by atoms with Gasteiger partial charge in [0.25, 0.3) is 10.0 Å². The third kappa shape index (κ3) is 3.06. The highest BCUT2D eigenvalue weighted by Crippen LogP contribution is 2.39. The molecule has 0 amide bonds. The van der Waals surface area contributed by atoms with Gasteiger partial charge in [-0.1, -0.05) is 35.9 Å². The Kier molecular flexibility index (Phi) is 4.24. The van der Waals surface area contributed by atoms with Gasteiger partial charge in [0.15, 0.2) is 0 Å². The van der Waals surface area contributed by atoms with Crippen LogP contribution in [0.25, 0.3) is 10.9 Å². The zero-order valence-corrected chi connectivity index (χ0v) is 15.5. The molecule has 28 heavy (non-hydrogen) atoms. The Morgan fingerprint density at radius 1 is 1.04 bits per heavy atom. The predicted octanol–water partition coefficient (Wildman–Crippen LogP) is 4.17. The largest absolute Gasteiger partial charge is 0.432 e. The molecule has 2 heterocycles. The summed E-state index contributed by atoms with van der Waals surface area (Å²) in [6.45, 7) is 1.79. The van der Waals surface area contributed by atoms with Gasteiger partial charge in [0.1, 0.15) is 5.70 Å². The van der Waals surface area contributed by atoms with Crippen LogP contribution in [0.5, 0.6) is 0 Å². The number of rotatable bonds is 3. The van der Waals surface area contributed by atoms with E-state index in [-0.39, 0.29) is 4.90 Å². The van der Waals surface area contributed by atoms with Crippen LogP contribution in [0.15, 0.2) is 71.4 Å². The highest BCUT2D eigenvalue weighted by Gasteiger charge is 2.45. The fraction of sp³-hybridized carbons (Fsp3) is 0.158. The van der Waals surface area contributed by atoms with E-state index in [2.05, 4.69) is 10.4 Å². The van der Waals surface area contributed by atoms with Crippen molar-refractivity contribution in [2.75, 3.05) is 0 Å². The molecular formula is C19H16F3N3O2S. The predicted molar refractivity (Wildman–Crippen MR) is 98.5 cm³/mol. The van der Waals surface area contributed by atoms with Crippen LogP contribution in [-0.2, 0) is 10.0 Å². The number of H-pyrrole nitrogens is 1. The van der Waals surface area contributed by atoms with Crippen LogP contribution in [0.3, 0.4) is 0 Å². The Bertz CT molecular complexity index is 1170. The minimum atomic E-state index is -4.71. The summed E-state index contributed by atoms with van der Waals surface area (Å²) in [5, 5.41) is 0.651. The van der Waals surface area contributed by atoms with Gasteiger partial charge in [-0.05, 0) is 31.2 Å². The first-order valence-corrected chi connectivity index (χ1v) is 9.85. The van der Waals surface area contributed by atoms with E-state index in [9.17, 15) is 21.6 Å². The molecule has 1 atom stereocenters. The molecule has 146 valence electrons. The molecule has 4 rings (SSSR count). The Hall–Kier alpha value is -2.78. The maximum atomic E-state index is 13.3. The number of hydrazine groups is 1. The van der Waals surface area contributed by atoms with Gasteiger partial charge in [-0.15, -0.1) is 4.41 Å². The molecule has 0 saturated heterocycles. The number of hydrogen-bond donors (Lipinski definition) is 2. The number of nitrogens with one attached hydrogen (secondary N) is 2. The zero-order valence-electron chi connectivity index (χ0n) is 14.7. The van der Waals surface area contributed by atoms with Crippen molar-refractivity contribution in [2.45, 2.75) is 24.0 Å². The van der Waals surface area contributed by atoms with Gasteiger partial charge in [0.05, 0.1) is 10.9 Å². The van der Waals surface area contributed by atoms with Crippen molar-refractivity contribution in [2.24, 2.45) is 0 Å². The van der Waals surface area contributed by atoms with Crippen LogP contribution in [0.2, 0.25) is 0 Å². The van der Waals surface area contributed by atoms with Crippen molar-refractivity contribution in [3.8, 4) is 0 Å². The second kappa shape index (κ2) is 6.39. The number of aromatic nitrogens is 1. The minimum absolute atomic E-state index is 0.0905. The molecule has 0 spiro atoms. The van der Waals surface area contributed by atoms with Crippen LogP contribution >= 0.6 is 0 Å². The average Bonchev–Trinajstić information content (AvgIpc) is 3.26. The molecule has 0 fully saturated rings. The maximum Gasteiger partial charge on any atom is 0.432 e. The lowest BCUT2D eigenvalue weighted by atomic mass is 10.1. The number of alkyl halides is 3. The molecule has 1 aliphatic heterocycles. The molecule has 2 aromatic carbocycles. The minimum Gasteiger partial charge on any atom is -0.361 e. The fourth-order valence-corrected chi connectivity index (χ4v) is 4.60. The molecule has 1 aliphatic rings. The molecule has 1 aromatic heterocycles. The summed E-state index contributed by atoms with van der Waals surface area (Å²) in [7, 11) is -4.24. The van der Waals surface area contributed by atoms with Crippen molar-refractivity contribution < 1.29 is 21.6 Å². The van der Waals surface area contributed by atoms with Crippen LogP contribution in [0.4, 0.5) is 13.2 Å². The van der Waals surface area contributed by atoms with Gasteiger partial charge in [-0.25, -0.2) is 8.42 Å². The number of nitrogens with zero attached hydrogens (tertiary/aromatic N) is 1. The molecule has 1 unspecified atom stereocenters. The zero-order chi connectivity index (χ0) is 20.1. The summed E-state index contributed by atoms with van der Waals surface area (Å²) < 4.78 is 66.9. The standard InChI is InChI=1S/C19H16F3N3O2S/c1-12-6-8-13(9-7-12)28(26,27)25-17(10-18(24-25)19(20,21)22)15-11-23-16-5-3-2-4-14(15)16/h2-11,17,23-24H,1H3. The third-order valence-corrected chi connectivity index (χ3v) is 6.34. The number of halogens is 3. The molecule has 0 radical (unpaired) electrons. The molecule has 2 N–H and O–H groups in total. The summed E-state index contributed by atoms with van der Waals surface area (Å²) in [5.74, 6) is 0. The van der Waals surface area contributed by atoms with E-state index in [0.717, 1.165) is 11.6 Å². The number of para-hydroxylation sites is 1. The van der Waals surface area contributed by atoms with Gasteiger partial charge in [-0.2, -0.15) is 13.2 Å². The van der Waals surface area contributed by atoms with Crippen LogP contribution in [0, 0.1) is 6.92 Å². The first kappa shape index (κ1) is 18.6. The number of allylic oxidation sites excluding steroid dienone is 1. The smallest absolute Gasteiger partial charge is 0.361 e. The highest BCUT2D eigenvalue weighted by molar-refractivity contribution is 7.89. The molecule has 3 aromatic rings. The Labute approximate surface area is 159 Å². The number of sulfonamides is 1. The van der Waals surface area contributed by atoms with Gasteiger partial charge in [-0.3, -0.25) is 0 Å². The van der Waals surface area contributed by atoms with E-state index in [0.29, 0.717) is 20.9 Å². The lowest BCUT2D eigenvalue weighted by molar-refractivity contribution is -0.0984. The van der Waals surface area contributed by atoms with Crippen LogP contribution in [0.1, 0.15) is 17.2 Å². The first-order valence-electron chi connectivity index (χ1n) is 8.41. The normalized spacial score (nSPS) is 18.3. The van der Waals surface area contributed by atoms with Crippen molar-refractivity contribution in [3.63, 3.8) is 0 Å². The second-order valence-electron chi connectivity index (χ2n) is 6.54. The van der Waals surface area contributed by atoms with Gasteiger partial charge in [0, 0.05) is 22.7 Å². The summed E-state index contributed by atoms with van der Waals surface area (Å²) >= 11 is 0. The molecule has 0 bridgehead atoms. The van der Waals surface area contributed by atoms with Crippen molar-refractivity contribution in [1.82, 2.24) is 14.8 Å². The summed E-state index contributed by atoms with van der Waals surface area (Å²) in [6, 6.07) is 11.8. The lowest BCUT2D eigenvalue weighted by Crippen LogP contribution is -2.41. The number of aryl methyl sites for hydroxylation is 1. The van der Waals surface area contributed by atoms with Crippen molar-refractivity contribution in [1.29, 1.82) is 0 Å².